The van der Waals surface area contributed by atoms with Crippen LogP contribution in [0.3, 0.4) is 0 Å². The molecule has 0 radical (unpaired) electrons. The summed E-state index contributed by atoms with van der Waals surface area (Å²) in [4.78, 5) is 17.9. The van der Waals surface area contributed by atoms with E-state index in [1.54, 1.807) is 24.3 Å². The van der Waals surface area contributed by atoms with E-state index in [1.165, 1.54) is 4.68 Å². The molecule has 0 aliphatic carbocycles. The Morgan fingerprint density at radius 3 is 2.89 bits per heavy atom. The van der Waals surface area contributed by atoms with Gasteiger partial charge < -0.3 is 0 Å². The SMILES string of the molecule is O=[N+]([O-])c1cnc(Cl)nc1-n1nnc2ccccc21. The summed E-state index contributed by atoms with van der Waals surface area (Å²) in [6.07, 6.45) is 1.04. The Bertz CT molecular complexity index is 787. The number of para-hydroxylation sites is 1. The molecule has 0 aliphatic heterocycles. The van der Waals surface area contributed by atoms with Gasteiger partial charge in [0.05, 0.1) is 10.4 Å². The average Bonchev–Trinajstić information content (AvgIpc) is 2.82. The third-order valence-corrected chi connectivity index (χ3v) is 2.65. The minimum atomic E-state index is -0.595. The van der Waals surface area contributed by atoms with E-state index in [2.05, 4.69) is 20.3 Å². The van der Waals surface area contributed by atoms with Gasteiger partial charge in [-0.05, 0) is 23.7 Å². The number of rotatable bonds is 2. The Morgan fingerprint density at radius 1 is 1.32 bits per heavy atom. The predicted octanol–water partition coefficient (Wildman–Crippen LogP) is 1.77. The Balaban J connectivity index is 2.32. The van der Waals surface area contributed by atoms with Crippen LogP contribution in [0.4, 0.5) is 5.69 Å². The van der Waals surface area contributed by atoms with Crippen molar-refractivity contribution in [2.45, 2.75) is 0 Å². The molecule has 9 heteroatoms. The van der Waals surface area contributed by atoms with E-state index >= 15 is 0 Å². The molecule has 0 atom stereocenters. The van der Waals surface area contributed by atoms with Crippen molar-refractivity contribution in [1.82, 2.24) is 25.0 Å². The highest BCUT2D eigenvalue weighted by molar-refractivity contribution is 6.28. The molecule has 0 amide bonds. The highest BCUT2D eigenvalue weighted by atomic mass is 35.5. The molecular weight excluding hydrogens is 272 g/mol. The lowest BCUT2D eigenvalue weighted by Gasteiger charge is -2.02. The van der Waals surface area contributed by atoms with Crippen LogP contribution >= 0.6 is 11.6 Å². The molecule has 8 nitrogen and oxygen atoms in total. The molecule has 0 saturated carbocycles. The Morgan fingerprint density at radius 2 is 2.11 bits per heavy atom. The first-order chi connectivity index (χ1) is 9.16. The van der Waals surface area contributed by atoms with Crippen molar-refractivity contribution in [3.63, 3.8) is 0 Å². The second-order valence-electron chi connectivity index (χ2n) is 3.59. The van der Waals surface area contributed by atoms with E-state index < -0.39 is 4.92 Å². The van der Waals surface area contributed by atoms with Crippen LogP contribution in [0, 0.1) is 10.1 Å². The fourth-order valence-corrected chi connectivity index (χ4v) is 1.78. The summed E-state index contributed by atoms with van der Waals surface area (Å²) in [5.41, 5.74) is 0.909. The highest BCUT2D eigenvalue weighted by Crippen LogP contribution is 2.23. The van der Waals surface area contributed by atoms with Gasteiger partial charge in [-0.15, -0.1) is 5.10 Å². The number of aromatic nitrogens is 5. The number of halogens is 1. The molecular formula is C10H5ClN6O2. The van der Waals surface area contributed by atoms with Gasteiger partial charge in [0.25, 0.3) is 0 Å². The molecule has 3 aromatic rings. The van der Waals surface area contributed by atoms with Crippen LogP contribution in [0.2, 0.25) is 5.28 Å². The molecule has 0 aliphatic rings. The topological polar surface area (TPSA) is 99.6 Å². The van der Waals surface area contributed by atoms with E-state index in [-0.39, 0.29) is 16.8 Å². The smallest absolute Gasteiger partial charge is 0.258 e. The zero-order chi connectivity index (χ0) is 13.4. The normalized spacial score (nSPS) is 10.8. The van der Waals surface area contributed by atoms with Crippen LogP contribution in [-0.2, 0) is 0 Å². The van der Waals surface area contributed by atoms with Gasteiger partial charge in [-0.2, -0.15) is 9.67 Å². The van der Waals surface area contributed by atoms with Gasteiger partial charge in [0, 0.05) is 0 Å². The van der Waals surface area contributed by atoms with Gasteiger partial charge in [0.15, 0.2) is 0 Å². The standard InChI is InChI=1S/C10H5ClN6O2/c11-10-12-5-8(17(18)19)9(13-10)16-7-4-2-1-3-6(7)14-15-16/h1-5H. The third kappa shape index (κ3) is 1.87. The van der Waals surface area contributed by atoms with Gasteiger partial charge in [0.1, 0.15) is 11.7 Å². The number of nitro groups is 1. The van der Waals surface area contributed by atoms with Crippen molar-refractivity contribution in [2.24, 2.45) is 0 Å². The van der Waals surface area contributed by atoms with Crippen LogP contribution in [-0.4, -0.2) is 29.9 Å². The summed E-state index contributed by atoms with van der Waals surface area (Å²) in [7, 11) is 0. The molecule has 0 N–H and O–H groups in total. The van der Waals surface area contributed by atoms with Crippen LogP contribution in [0.5, 0.6) is 0 Å². The van der Waals surface area contributed by atoms with Gasteiger partial charge in [0.2, 0.25) is 11.1 Å². The molecule has 2 aromatic heterocycles. The maximum atomic E-state index is 11.0. The minimum Gasteiger partial charge on any atom is -0.258 e. The van der Waals surface area contributed by atoms with E-state index in [4.69, 9.17) is 11.6 Å². The Hall–Kier alpha value is -2.61. The lowest BCUT2D eigenvalue weighted by atomic mass is 10.3. The highest BCUT2D eigenvalue weighted by Gasteiger charge is 2.21. The molecule has 0 spiro atoms. The number of benzene rings is 1. The first-order valence-corrected chi connectivity index (χ1v) is 5.52. The number of fused-ring (bicyclic) bond motifs is 1. The van der Waals surface area contributed by atoms with Gasteiger partial charge >= 0.3 is 5.69 Å². The van der Waals surface area contributed by atoms with Crippen LogP contribution in [0.1, 0.15) is 0 Å². The van der Waals surface area contributed by atoms with Crippen LogP contribution in [0.25, 0.3) is 16.9 Å². The zero-order valence-corrected chi connectivity index (χ0v) is 10.0. The number of hydrogen-bond donors (Lipinski definition) is 0. The van der Waals surface area contributed by atoms with E-state index in [9.17, 15) is 10.1 Å². The second-order valence-corrected chi connectivity index (χ2v) is 3.93. The van der Waals surface area contributed by atoms with Gasteiger partial charge in [-0.1, -0.05) is 17.3 Å². The maximum absolute atomic E-state index is 11.0. The van der Waals surface area contributed by atoms with Crippen LogP contribution in [0.15, 0.2) is 30.5 Å². The lowest BCUT2D eigenvalue weighted by molar-refractivity contribution is -0.385. The van der Waals surface area contributed by atoms with Gasteiger partial charge in [-0.3, -0.25) is 10.1 Å². The van der Waals surface area contributed by atoms with Crippen LogP contribution < -0.4 is 0 Å². The molecule has 3 rings (SSSR count). The fourth-order valence-electron chi connectivity index (χ4n) is 1.66. The first kappa shape index (κ1) is 11.5. The molecule has 0 saturated heterocycles. The summed E-state index contributed by atoms with van der Waals surface area (Å²) in [5.74, 6) is -0.0151. The lowest BCUT2D eigenvalue weighted by Crippen LogP contribution is -2.05. The minimum absolute atomic E-state index is 0.0151. The Labute approximate surface area is 110 Å². The molecule has 0 fully saturated rings. The number of hydrogen-bond acceptors (Lipinski definition) is 6. The zero-order valence-electron chi connectivity index (χ0n) is 9.26. The Kier molecular flexibility index (Phi) is 2.57. The van der Waals surface area contributed by atoms with Crippen molar-refractivity contribution in [1.29, 1.82) is 0 Å². The van der Waals surface area contributed by atoms with E-state index in [1.807, 2.05) is 0 Å². The van der Waals surface area contributed by atoms with E-state index in [0.717, 1.165) is 6.20 Å². The molecule has 2 heterocycles. The molecule has 0 bridgehead atoms. The summed E-state index contributed by atoms with van der Waals surface area (Å²) < 4.78 is 1.26. The molecule has 1 aromatic carbocycles. The second kappa shape index (κ2) is 4.25. The monoisotopic (exact) mass is 276 g/mol. The van der Waals surface area contributed by atoms with Crippen molar-refractivity contribution < 1.29 is 4.92 Å². The maximum Gasteiger partial charge on any atom is 0.332 e. The average molecular weight is 277 g/mol. The quantitative estimate of drug-likeness (QED) is 0.402. The largest absolute Gasteiger partial charge is 0.332 e. The molecule has 19 heavy (non-hydrogen) atoms. The van der Waals surface area contributed by atoms with Crippen molar-refractivity contribution in [3.05, 3.63) is 45.9 Å². The molecule has 94 valence electrons. The summed E-state index contributed by atoms with van der Waals surface area (Å²) in [5, 5.41) is 18.7. The van der Waals surface area contributed by atoms with E-state index in [0.29, 0.717) is 11.0 Å². The third-order valence-electron chi connectivity index (χ3n) is 2.47. The fraction of sp³-hybridized carbons (Fsp3) is 0. The van der Waals surface area contributed by atoms with Crippen molar-refractivity contribution in [3.8, 4) is 5.82 Å². The summed E-state index contributed by atoms with van der Waals surface area (Å²) in [6, 6.07) is 7.04. The first-order valence-electron chi connectivity index (χ1n) is 5.14. The summed E-state index contributed by atoms with van der Waals surface area (Å²) in [6.45, 7) is 0. The van der Waals surface area contributed by atoms with Gasteiger partial charge in [-0.25, -0.2) is 4.98 Å². The number of nitrogens with zero attached hydrogens (tertiary/aromatic N) is 6. The molecule has 0 unspecified atom stereocenters. The van der Waals surface area contributed by atoms with Crippen molar-refractivity contribution >= 4 is 28.3 Å². The predicted molar refractivity (Wildman–Crippen MR) is 66.1 cm³/mol. The van der Waals surface area contributed by atoms with Crippen molar-refractivity contribution in [2.75, 3.05) is 0 Å². The summed E-state index contributed by atoms with van der Waals surface area (Å²) >= 11 is 5.68.